The van der Waals surface area contributed by atoms with E-state index in [4.69, 9.17) is 10.4 Å². The van der Waals surface area contributed by atoms with Gasteiger partial charge in [0, 0.05) is 12.2 Å². The largest absolute Gasteiger partial charge is 0.345 e. The van der Waals surface area contributed by atoms with Gasteiger partial charge >= 0.3 is 0 Å². The number of hydrogen-bond acceptors (Lipinski definition) is 3. The maximum atomic E-state index is 8.93. The third-order valence-electron chi connectivity index (χ3n) is 2.49. The molecule has 0 unspecified atom stereocenters. The average Bonchev–Trinajstić information content (AvgIpc) is 2.59. The monoisotopic (exact) mass is 206 g/mol. The number of rotatable bonds is 2. The van der Waals surface area contributed by atoms with Gasteiger partial charge in [0.2, 0.25) is 0 Å². The van der Waals surface area contributed by atoms with Gasteiger partial charge in [0.15, 0.2) is 0 Å². The molecule has 0 aliphatic heterocycles. The van der Waals surface area contributed by atoms with Crippen molar-refractivity contribution in [3.8, 4) is 0 Å². The molecule has 0 saturated heterocycles. The zero-order valence-electron chi connectivity index (χ0n) is 8.75. The van der Waals surface area contributed by atoms with Crippen molar-refractivity contribution in [2.45, 2.75) is 19.9 Å². The first kappa shape index (κ1) is 10.0. The van der Waals surface area contributed by atoms with Gasteiger partial charge in [-0.3, -0.25) is 10.4 Å². The third kappa shape index (κ3) is 1.69. The van der Waals surface area contributed by atoms with E-state index < -0.39 is 0 Å². The minimum absolute atomic E-state index is 0.136. The van der Waals surface area contributed by atoms with Crippen LogP contribution in [0.15, 0.2) is 30.5 Å². The molecule has 0 atom stereocenters. The van der Waals surface area contributed by atoms with Gasteiger partial charge < -0.3 is 4.57 Å². The second-order valence-corrected chi connectivity index (χ2v) is 3.85. The maximum Gasteiger partial charge on any atom is 0.0963 e. The summed E-state index contributed by atoms with van der Waals surface area (Å²) in [7, 11) is 0. The Balaban J connectivity index is 2.61. The Morgan fingerprint density at radius 2 is 1.93 bits per heavy atom. The normalized spacial score (nSPS) is 11.3. The molecule has 80 valence electrons. The molecule has 4 nitrogen and oxygen atoms in total. The molecule has 0 radical (unpaired) electrons. The standard InChI is InChI=1S/C11H14N2O2/c1-8(2)12-6-5-9-3-4-10(13(14)15)7-11(9)12/h3-8,14-15H,1-2H3. The number of aromatic nitrogens is 1. The Hall–Kier alpha value is -1.52. The Morgan fingerprint density at radius 3 is 2.53 bits per heavy atom. The van der Waals surface area contributed by atoms with Crippen LogP contribution in [0.4, 0.5) is 5.69 Å². The average molecular weight is 206 g/mol. The van der Waals surface area contributed by atoms with E-state index in [9.17, 15) is 0 Å². The highest BCUT2D eigenvalue weighted by Crippen LogP contribution is 2.24. The van der Waals surface area contributed by atoms with Crippen LogP contribution in [0.5, 0.6) is 0 Å². The van der Waals surface area contributed by atoms with Crippen molar-refractivity contribution in [3.05, 3.63) is 30.5 Å². The molecule has 1 aromatic carbocycles. The lowest BCUT2D eigenvalue weighted by molar-refractivity contribution is 0.0292. The lowest BCUT2D eigenvalue weighted by atomic mass is 10.2. The van der Waals surface area contributed by atoms with Gasteiger partial charge in [-0.1, -0.05) is 6.07 Å². The van der Waals surface area contributed by atoms with E-state index in [1.807, 2.05) is 18.3 Å². The smallest absolute Gasteiger partial charge is 0.0963 e. The van der Waals surface area contributed by atoms with E-state index in [1.165, 1.54) is 0 Å². The fraction of sp³-hybridized carbons (Fsp3) is 0.273. The van der Waals surface area contributed by atoms with E-state index in [-0.39, 0.29) is 5.23 Å². The van der Waals surface area contributed by atoms with Crippen LogP contribution in [0.3, 0.4) is 0 Å². The number of hydrogen-bond donors (Lipinski definition) is 2. The van der Waals surface area contributed by atoms with E-state index in [0.29, 0.717) is 11.7 Å². The van der Waals surface area contributed by atoms with Gasteiger partial charge in [0.05, 0.1) is 11.2 Å². The highest BCUT2D eigenvalue weighted by molar-refractivity contribution is 5.83. The maximum absolute atomic E-state index is 8.93. The van der Waals surface area contributed by atoms with Crippen molar-refractivity contribution in [1.82, 2.24) is 4.57 Å². The molecule has 0 amide bonds. The predicted molar refractivity (Wildman–Crippen MR) is 58.4 cm³/mol. The summed E-state index contributed by atoms with van der Waals surface area (Å²) in [4.78, 5) is 0. The van der Waals surface area contributed by atoms with E-state index in [1.54, 1.807) is 12.1 Å². The summed E-state index contributed by atoms with van der Waals surface area (Å²) in [6.07, 6.45) is 2.00. The first-order chi connectivity index (χ1) is 7.09. The summed E-state index contributed by atoms with van der Waals surface area (Å²) in [5, 5.41) is 19.1. The number of anilines is 1. The number of nitrogens with zero attached hydrogens (tertiary/aromatic N) is 2. The van der Waals surface area contributed by atoms with Crippen molar-refractivity contribution in [1.29, 1.82) is 0 Å². The molecule has 0 aliphatic carbocycles. The topological polar surface area (TPSA) is 48.6 Å². The second-order valence-electron chi connectivity index (χ2n) is 3.85. The van der Waals surface area contributed by atoms with Gasteiger partial charge in [0.25, 0.3) is 0 Å². The fourth-order valence-electron chi connectivity index (χ4n) is 1.71. The first-order valence-corrected chi connectivity index (χ1v) is 4.88. The molecule has 0 aliphatic rings. The van der Waals surface area contributed by atoms with Crippen LogP contribution in [0.2, 0.25) is 0 Å². The van der Waals surface area contributed by atoms with E-state index in [2.05, 4.69) is 18.4 Å². The van der Waals surface area contributed by atoms with Gasteiger partial charge in [-0.15, -0.1) is 5.23 Å². The minimum Gasteiger partial charge on any atom is -0.345 e. The molecule has 0 saturated carbocycles. The zero-order valence-corrected chi connectivity index (χ0v) is 8.75. The Kier molecular flexibility index (Phi) is 2.38. The van der Waals surface area contributed by atoms with Crippen LogP contribution >= 0.6 is 0 Å². The van der Waals surface area contributed by atoms with Crippen molar-refractivity contribution in [3.63, 3.8) is 0 Å². The number of benzene rings is 1. The molecule has 2 aromatic rings. The summed E-state index contributed by atoms with van der Waals surface area (Å²) in [6, 6.07) is 7.63. The first-order valence-electron chi connectivity index (χ1n) is 4.88. The summed E-state index contributed by atoms with van der Waals surface area (Å²) in [6.45, 7) is 4.17. The molecule has 1 heterocycles. The van der Waals surface area contributed by atoms with Crippen LogP contribution in [-0.2, 0) is 0 Å². The van der Waals surface area contributed by atoms with E-state index >= 15 is 0 Å². The summed E-state index contributed by atoms with van der Waals surface area (Å²) >= 11 is 0. The molecule has 0 spiro atoms. The van der Waals surface area contributed by atoms with Crippen molar-refractivity contribution < 1.29 is 10.4 Å². The van der Waals surface area contributed by atoms with Crippen LogP contribution < -0.4 is 5.23 Å². The van der Waals surface area contributed by atoms with Gasteiger partial charge in [-0.25, -0.2) is 0 Å². The van der Waals surface area contributed by atoms with Crippen molar-refractivity contribution in [2.24, 2.45) is 0 Å². The van der Waals surface area contributed by atoms with Gasteiger partial charge in [-0.2, -0.15) is 0 Å². The van der Waals surface area contributed by atoms with Crippen LogP contribution in [0.1, 0.15) is 19.9 Å². The molecular weight excluding hydrogens is 192 g/mol. The highest BCUT2D eigenvalue weighted by Gasteiger charge is 2.06. The van der Waals surface area contributed by atoms with E-state index in [0.717, 1.165) is 10.9 Å². The van der Waals surface area contributed by atoms with Gasteiger partial charge in [0.1, 0.15) is 0 Å². The Bertz CT molecular complexity index is 474. The minimum atomic E-state index is 0.136. The molecule has 2 rings (SSSR count). The van der Waals surface area contributed by atoms with Crippen molar-refractivity contribution in [2.75, 3.05) is 5.23 Å². The Morgan fingerprint density at radius 1 is 1.20 bits per heavy atom. The summed E-state index contributed by atoms with van der Waals surface area (Å²) in [5.41, 5.74) is 1.36. The fourth-order valence-corrected chi connectivity index (χ4v) is 1.71. The Labute approximate surface area is 87.9 Å². The van der Waals surface area contributed by atoms with Crippen LogP contribution in [-0.4, -0.2) is 15.0 Å². The summed E-state index contributed by atoms with van der Waals surface area (Å²) < 4.78 is 2.09. The number of fused-ring (bicyclic) bond motifs is 1. The van der Waals surface area contributed by atoms with Crippen LogP contribution in [0.25, 0.3) is 10.9 Å². The third-order valence-corrected chi connectivity index (χ3v) is 2.49. The highest BCUT2D eigenvalue weighted by atomic mass is 16.8. The second kappa shape index (κ2) is 3.56. The lowest BCUT2D eigenvalue weighted by Crippen LogP contribution is -2.10. The molecule has 1 aromatic heterocycles. The SMILES string of the molecule is CC(C)n1ccc2ccc(N(O)O)cc21. The molecule has 15 heavy (non-hydrogen) atoms. The quantitative estimate of drug-likeness (QED) is 0.743. The van der Waals surface area contributed by atoms with Gasteiger partial charge in [-0.05, 0) is 37.4 Å². The molecule has 0 fully saturated rings. The van der Waals surface area contributed by atoms with Crippen LogP contribution in [0, 0.1) is 0 Å². The summed E-state index contributed by atoms with van der Waals surface area (Å²) in [5.74, 6) is 0. The molecule has 0 bridgehead atoms. The molecular formula is C11H14N2O2. The lowest BCUT2D eigenvalue weighted by Gasteiger charge is -2.12. The zero-order chi connectivity index (χ0) is 11.0. The molecule has 2 N–H and O–H groups in total. The van der Waals surface area contributed by atoms with Crippen molar-refractivity contribution >= 4 is 16.6 Å². The predicted octanol–water partition coefficient (Wildman–Crippen LogP) is 2.81. The molecule has 4 heteroatoms.